The van der Waals surface area contributed by atoms with Crippen LogP contribution in [0.5, 0.6) is 5.75 Å². The molecule has 122 valence electrons. The van der Waals surface area contributed by atoms with Crippen LogP contribution in [-0.4, -0.2) is 34.9 Å². The minimum Gasteiger partial charge on any atom is -0.494 e. The Kier molecular flexibility index (Phi) is 4.85. The van der Waals surface area contributed by atoms with Crippen LogP contribution in [0.4, 0.5) is 5.69 Å². The summed E-state index contributed by atoms with van der Waals surface area (Å²) in [7, 11) is 0. The van der Waals surface area contributed by atoms with Crippen molar-refractivity contribution in [2.75, 3.05) is 11.9 Å². The van der Waals surface area contributed by atoms with E-state index in [2.05, 4.69) is 15.6 Å². The van der Waals surface area contributed by atoms with Gasteiger partial charge >= 0.3 is 0 Å². The van der Waals surface area contributed by atoms with Gasteiger partial charge in [-0.15, -0.1) is 0 Å². The zero-order chi connectivity index (χ0) is 16.2. The molecule has 23 heavy (non-hydrogen) atoms. The highest BCUT2D eigenvalue weighted by Gasteiger charge is 2.33. The van der Waals surface area contributed by atoms with Crippen molar-refractivity contribution in [3.05, 3.63) is 24.3 Å². The molecule has 0 bridgehead atoms. The average molecular weight is 333 g/mol. The van der Waals surface area contributed by atoms with Gasteiger partial charge in [-0.05, 0) is 44.0 Å². The number of nitrogens with one attached hydrogen (secondary N) is 2. The zero-order valence-electron chi connectivity index (χ0n) is 12.9. The lowest BCUT2D eigenvalue weighted by atomic mass is 10.2. The van der Waals surface area contributed by atoms with E-state index in [1.165, 1.54) is 11.8 Å². The first-order chi connectivity index (χ1) is 11.1. The molecule has 6 nitrogen and oxygen atoms in total. The zero-order valence-corrected chi connectivity index (χ0v) is 13.7. The van der Waals surface area contributed by atoms with Gasteiger partial charge in [0.25, 0.3) is 0 Å². The molecule has 1 aliphatic heterocycles. The molecule has 1 atom stereocenters. The molecule has 1 aromatic carbocycles. The summed E-state index contributed by atoms with van der Waals surface area (Å²) in [5.74, 6) is 0.433. The number of aliphatic imine (C=N–C) groups is 1. The number of rotatable bonds is 6. The predicted octanol–water partition coefficient (Wildman–Crippen LogP) is 2.16. The molecule has 3 rings (SSSR count). The molecule has 2 aliphatic rings. The maximum atomic E-state index is 12.1. The van der Waals surface area contributed by atoms with E-state index in [0.717, 1.165) is 18.6 Å². The molecule has 0 spiro atoms. The first-order valence-corrected chi connectivity index (χ1v) is 8.60. The highest BCUT2D eigenvalue weighted by Crippen LogP contribution is 2.29. The number of hydrogen-bond donors (Lipinski definition) is 2. The van der Waals surface area contributed by atoms with Gasteiger partial charge in [-0.2, -0.15) is 0 Å². The summed E-state index contributed by atoms with van der Waals surface area (Å²) < 4.78 is 5.35. The third kappa shape index (κ3) is 4.48. The molecule has 2 N–H and O–H groups in total. The SMILES string of the molecule is CCOc1ccc(NC(=O)C[C@H]2SC(=NC3CC3)NC2=O)cc1. The van der Waals surface area contributed by atoms with Crippen molar-refractivity contribution in [3.63, 3.8) is 0 Å². The van der Waals surface area contributed by atoms with Gasteiger partial charge in [0, 0.05) is 12.1 Å². The third-order valence-electron chi connectivity index (χ3n) is 3.44. The van der Waals surface area contributed by atoms with Gasteiger partial charge in [-0.1, -0.05) is 11.8 Å². The lowest BCUT2D eigenvalue weighted by Crippen LogP contribution is -2.28. The summed E-state index contributed by atoms with van der Waals surface area (Å²) in [6.07, 6.45) is 2.30. The van der Waals surface area contributed by atoms with Gasteiger partial charge in [0.05, 0.1) is 12.6 Å². The summed E-state index contributed by atoms with van der Waals surface area (Å²) in [6, 6.07) is 7.52. The Morgan fingerprint density at radius 1 is 1.39 bits per heavy atom. The number of nitrogens with zero attached hydrogens (tertiary/aromatic N) is 1. The molecule has 2 fully saturated rings. The van der Waals surface area contributed by atoms with Crippen LogP contribution in [0.2, 0.25) is 0 Å². The number of amides is 2. The van der Waals surface area contributed by atoms with Crippen molar-refractivity contribution in [2.45, 2.75) is 37.5 Å². The predicted molar refractivity (Wildman–Crippen MR) is 90.8 cm³/mol. The van der Waals surface area contributed by atoms with E-state index in [4.69, 9.17) is 4.74 Å². The van der Waals surface area contributed by atoms with Gasteiger partial charge in [0.15, 0.2) is 5.17 Å². The topological polar surface area (TPSA) is 79.8 Å². The van der Waals surface area contributed by atoms with Gasteiger partial charge in [0.2, 0.25) is 11.8 Å². The summed E-state index contributed by atoms with van der Waals surface area (Å²) in [4.78, 5) is 28.4. The smallest absolute Gasteiger partial charge is 0.240 e. The second-order valence-corrected chi connectivity index (χ2v) is 6.66. The van der Waals surface area contributed by atoms with Crippen molar-refractivity contribution < 1.29 is 14.3 Å². The molecule has 0 aromatic heterocycles. The minimum atomic E-state index is -0.407. The van der Waals surface area contributed by atoms with Gasteiger partial charge in [-0.25, -0.2) is 0 Å². The first-order valence-electron chi connectivity index (χ1n) is 7.72. The van der Waals surface area contributed by atoms with E-state index in [-0.39, 0.29) is 18.2 Å². The molecule has 1 heterocycles. The number of ether oxygens (including phenoxy) is 1. The summed E-state index contributed by atoms with van der Waals surface area (Å²) >= 11 is 1.34. The molecular formula is C16H19N3O3S. The molecule has 1 saturated heterocycles. The molecule has 7 heteroatoms. The normalized spacial score (nSPS) is 22.0. The lowest BCUT2D eigenvalue weighted by molar-refractivity contribution is -0.122. The molecular weight excluding hydrogens is 314 g/mol. The summed E-state index contributed by atoms with van der Waals surface area (Å²) in [5, 5.41) is 5.78. The Labute approximate surface area is 139 Å². The number of anilines is 1. The van der Waals surface area contributed by atoms with Crippen molar-refractivity contribution in [1.82, 2.24) is 5.32 Å². The quantitative estimate of drug-likeness (QED) is 0.836. The second-order valence-electron chi connectivity index (χ2n) is 5.47. The van der Waals surface area contributed by atoms with Crippen LogP contribution in [0, 0.1) is 0 Å². The van der Waals surface area contributed by atoms with E-state index in [1.54, 1.807) is 24.3 Å². The number of benzene rings is 1. The molecule has 1 saturated carbocycles. The second kappa shape index (κ2) is 7.04. The molecule has 2 amide bonds. The van der Waals surface area contributed by atoms with Crippen LogP contribution in [0.1, 0.15) is 26.2 Å². The van der Waals surface area contributed by atoms with E-state index < -0.39 is 5.25 Å². The number of amidine groups is 1. The van der Waals surface area contributed by atoms with Crippen molar-refractivity contribution in [1.29, 1.82) is 0 Å². The fourth-order valence-electron chi connectivity index (χ4n) is 2.15. The first kappa shape index (κ1) is 15.9. The Bertz CT molecular complexity index is 626. The standard InChI is InChI=1S/C16H19N3O3S/c1-2-22-12-7-5-10(6-8-12)17-14(20)9-13-15(21)19-16(23-13)18-11-3-4-11/h5-8,11,13H,2-4,9H2,1H3,(H,17,20)(H,18,19,21)/t13-/m1/s1. The van der Waals surface area contributed by atoms with Gasteiger partial charge in [0.1, 0.15) is 11.0 Å². The van der Waals surface area contributed by atoms with E-state index in [1.807, 2.05) is 6.92 Å². The van der Waals surface area contributed by atoms with Crippen LogP contribution in [0.15, 0.2) is 29.3 Å². The maximum Gasteiger partial charge on any atom is 0.240 e. The monoisotopic (exact) mass is 333 g/mol. The van der Waals surface area contributed by atoms with E-state index >= 15 is 0 Å². The van der Waals surface area contributed by atoms with Gasteiger partial charge < -0.3 is 15.4 Å². The average Bonchev–Trinajstić information content (AvgIpc) is 3.26. The maximum absolute atomic E-state index is 12.1. The Hall–Kier alpha value is -2.02. The Morgan fingerprint density at radius 2 is 2.13 bits per heavy atom. The van der Waals surface area contributed by atoms with Crippen LogP contribution >= 0.6 is 11.8 Å². The fraction of sp³-hybridized carbons (Fsp3) is 0.438. The van der Waals surface area contributed by atoms with Crippen LogP contribution in [0.3, 0.4) is 0 Å². The fourth-order valence-corrected chi connectivity index (χ4v) is 3.19. The largest absolute Gasteiger partial charge is 0.494 e. The molecule has 0 unspecified atom stereocenters. The van der Waals surface area contributed by atoms with Crippen molar-refractivity contribution in [3.8, 4) is 5.75 Å². The third-order valence-corrected chi connectivity index (χ3v) is 4.54. The molecule has 1 aromatic rings. The minimum absolute atomic E-state index is 0.132. The number of carbonyl (C=O) groups is 2. The van der Waals surface area contributed by atoms with Crippen LogP contribution in [0.25, 0.3) is 0 Å². The summed E-state index contributed by atoms with van der Waals surface area (Å²) in [5.41, 5.74) is 0.689. The van der Waals surface area contributed by atoms with Crippen molar-refractivity contribution >= 4 is 34.4 Å². The summed E-state index contributed by atoms with van der Waals surface area (Å²) in [6.45, 7) is 2.52. The Morgan fingerprint density at radius 3 is 2.78 bits per heavy atom. The van der Waals surface area contributed by atoms with E-state index in [9.17, 15) is 9.59 Å². The highest BCUT2D eigenvalue weighted by molar-refractivity contribution is 8.15. The number of hydrogen-bond acceptors (Lipinski definition) is 5. The number of carbonyl (C=O) groups excluding carboxylic acids is 2. The van der Waals surface area contributed by atoms with Crippen molar-refractivity contribution in [2.24, 2.45) is 4.99 Å². The van der Waals surface area contributed by atoms with E-state index in [0.29, 0.717) is 23.5 Å². The molecule has 0 radical (unpaired) electrons. The lowest BCUT2D eigenvalue weighted by Gasteiger charge is -2.08. The van der Waals surface area contributed by atoms with Crippen LogP contribution in [-0.2, 0) is 9.59 Å². The highest BCUT2D eigenvalue weighted by atomic mass is 32.2. The molecule has 1 aliphatic carbocycles. The number of thioether (sulfide) groups is 1. The van der Waals surface area contributed by atoms with Crippen LogP contribution < -0.4 is 15.4 Å². The van der Waals surface area contributed by atoms with Gasteiger partial charge in [-0.3, -0.25) is 14.6 Å². The Balaban J connectivity index is 1.51.